The summed E-state index contributed by atoms with van der Waals surface area (Å²) >= 11 is 1.73. The van der Waals surface area contributed by atoms with Crippen molar-refractivity contribution in [2.45, 2.75) is 64.5 Å². The van der Waals surface area contributed by atoms with Gasteiger partial charge in [-0.15, -0.1) is 11.3 Å². The topological polar surface area (TPSA) is 34.2 Å². The van der Waals surface area contributed by atoms with E-state index in [2.05, 4.69) is 36.5 Å². The van der Waals surface area contributed by atoms with Crippen molar-refractivity contribution in [3.8, 4) is 0 Å². The highest BCUT2D eigenvalue weighted by Gasteiger charge is 2.43. The summed E-state index contributed by atoms with van der Waals surface area (Å²) in [6.45, 7) is 6.80. The number of aromatic nitrogens is 1. The molecule has 0 saturated heterocycles. The molecule has 2 rings (SSSR count). The molecule has 0 aromatic carbocycles. The van der Waals surface area contributed by atoms with Crippen LogP contribution in [0.25, 0.3) is 0 Å². The van der Waals surface area contributed by atoms with Crippen molar-refractivity contribution in [1.29, 1.82) is 0 Å². The SMILES string of the molecule is CNC(Cc1csc(C)n1)C1(OC)CCC(C)(C)CC1. The number of nitrogens with one attached hydrogen (secondary N) is 1. The number of aryl methyl sites for hydroxylation is 1. The lowest BCUT2D eigenvalue weighted by Gasteiger charge is -2.47. The fraction of sp³-hybridized carbons (Fsp3) is 0.812. The van der Waals surface area contributed by atoms with E-state index in [1.165, 1.54) is 18.5 Å². The number of rotatable bonds is 5. The van der Waals surface area contributed by atoms with Crippen LogP contribution < -0.4 is 5.32 Å². The molecule has 0 aliphatic heterocycles. The lowest BCUT2D eigenvalue weighted by atomic mass is 9.68. The zero-order valence-corrected chi connectivity index (χ0v) is 14.3. The predicted molar refractivity (Wildman–Crippen MR) is 85.4 cm³/mol. The van der Waals surface area contributed by atoms with Gasteiger partial charge in [-0.25, -0.2) is 4.98 Å². The number of likely N-dealkylation sites (N-methyl/N-ethyl adjacent to an activating group) is 1. The smallest absolute Gasteiger partial charge is 0.0897 e. The van der Waals surface area contributed by atoms with Gasteiger partial charge in [0.1, 0.15) is 0 Å². The summed E-state index contributed by atoms with van der Waals surface area (Å²) in [7, 11) is 3.92. The number of hydrogen-bond acceptors (Lipinski definition) is 4. The van der Waals surface area contributed by atoms with E-state index in [-0.39, 0.29) is 5.60 Å². The molecule has 1 N–H and O–H groups in total. The van der Waals surface area contributed by atoms with Gasteiger partial charge in [0.25, 0.3) is 0 Å². The molecule has 0 radical (unpaired) electrons. The van der Waals surface area contributed by atoms with E-state index in [1.54, 1.807) is 11.3 Å². The first kappa shape index (κ1) is 15.9. The first-order chi connectivity index (χ1) is 9.41. The molecule has 4 heteroatoms. The Bertz CT molecular complexity index is 431. The molecule has 0 amide bonds. The third kappa shape index (κ3) is 3.41. The maximum Gasteiger partial charge on any atom is 0.0897 e. The van der Waals surface area contributed by atoms with Gasteiger partial charge in [-0.1, -0.05) is 13.8 Å². The second-order valence-electron chi connectivity index (χ2n) is 6.84. The summed E-state index contributed by atoms with van der Waals surface area (Å²) in [4.78, 5) is 4.61. The number of thiazole rings is 1. The van der Waals surface area contributed by atoms with Gasteiger partial charge in [0.15, 0.2) is 0 Å². The summed E-state index contributed by atoms with van der Waals surface area (Å²) in [5, 5.41) is 6.81. The zero-order valence-electron chi connectivity index (χ0n) is 13.5. The highest BCUT2D eigenvalue weighted by atomic mass is 32.1. The molecule has 1 heterocycles. The second kappa shape index (κ2) is 6.12. The van der Waals surface area contributed by atoms with Gasteiger partial charge in [-0.05, 0) is 45.1 Å². The molecule has 1 aromatic heterocycles. The molecular weight excluding hydrogens is 268 g/mol. The number of methoxy groups -OCH3 is 1. The molecule has 1 saturated carbocycles. The first-order valence-corrected chi connectivity index (χ1v) is 8.42. The minimum Gasteiger partial charge on any atom is -0.377 e. The largest absolute Gasteiger partial charge is 0.377 e. The van der Waals surface area contributed by atoms with E-state index in [1.807, 2.05) is 14.2 Å². The summed E-state index contributed by atoms with van der Waals surface area (Å²) in [5.41, 5.74) is 1.60. The van der Waals surface area contributed by atoms with Crippen LogP contribution in [0.1, 0.15) is 50.2 Å². The molecular formula is C16H28N2OS. The predicted octanol–water partition coefficient (Wildman–Crippen LogP) is 3.57. The van der Waals surface area contributed by atoms with E-state index in [0.717, 1.165) is 24.3 Å². The minimum absolute atomic E-state index is 0.0399. The molecule has 20 heavy (non-hydrogen) atoms. The van der Waals surface area contributed by atoms with Gasteiger partial charge in [-0.2, -0.15) is 0 Å². The van der Waals surface area contributed by atoms with E-state index in [4.69, 9.17) is 4.74 Å². The van der Waals surface area contributed by atoms with E-state index < -0.39 is 0 Å². The van der Waals surface area contributed by atoms with Crippen molar-refractivity contribution >= 4 is 11.3 Å². The molecule has 0 spiro atoms. The van der Waals surface area contributed by atoms with Gasteiger partial charge in [-0.3, -0.25) is 0 Å². The van der Waals surface area contributed by atoms with Crippen LogP contribution in [0.3, 0.4) is 0 Å². The van der Waals surface area contributed by atoms with Crippen LogP contribution in [0.5, 0.6) is 0 Å². The van der Waals surface area contributed by atoms with E-state index in [9.17, 15) is 0 Å². The Labute approximate surface area is 127 Å². The lowest BCUT2D eigenvalue weighted by molar-refractivity contribution is -0.0848. The van der Waals surface area contributed by atoms with Gasteiger partial charge < -0.3 is 10.1 Å². The summed E-state index contributed by atoms with van der Waals surface area (Å²) < 4.78 is 6.02. The monoisotopic (exact) mass is 296 g/mol. The maximum absolute atomic E-state index is 6.02. The Morgan fingerprint density at radius 2 is 2.00 bits per heavy atom. The van der Waals surface area contributed by atoms with Crippen molar-refractivity contribution in [2.24, 2.45) is 5.41 Å². The number of nitrogens with zero attached hydrogens (tertiary/aromatic N) is 1. The Kier molecular flexibility index (Phi) is 4.88. The minimum atomic E-state index is -0.0399. The zero-order chi connectivity index (χ0) is 14.8. The fourth-order valence-corrected chi connectivity index (χ4v) is 3.93. The third-order valence-electron chi connectivity index (χ3n) is 4.92. The van der Waals surface area contributed by atoms with Gasteiger partial charge in [0.05, 0.1) is 16.3 Å². The lowest BCUT2D eigenvalue weighted by Crippen LogP contribution is -2.54. The highest BCUT2D eigenvalue weighted by Crippen LogP contribution is 2.43. The highest BCUT2D eigenvalue weighted by molar-refractivity contribution is 7.09. The van der Waals surface area contributed by atoms with Crippen molar-refractivity contribution in [2.75, 3.05) is 14.2 Å². The van der Waals surface area contributed by atoms with Gasteiger partial charge in [0.2, 0.25) is 0 Å². The Morgan fingerprint density at radius 1 is 1.35 bits per heavy atom. The van der Waals surface area contributed by atoms with Crippen molar-refractivity contribution in [3.05, 3.63) is 16.1 Å². The fourth-order valence-electron chi connectivity index (χ4n) is 3.31. The molecule has 1 aliphatic rings. The standard InChI is InChI=1S/C16H28N2OS/c1-12-18-13(11-20-12)10-14(17-4)16(19-5)8-6-15(2,3)7-9-16/h11,14,17H,6-10H2,1-5H3. The van der Waals surface area contributed by atoms with Crippen molar-refractivity contribution in [3.63, 3.8) is 0 Å². The van der Waals surface area contributed by atoms with Gasteiger partial charge in [0, 0.05) is 25.0 Å². The molecule has 0 bridgehead atoms. The third-order valence-corrected chi connectivity index (χ3v) is 5.74. The Morgan fingerprint density at radius 3 is 2.45 bits per heavy atom. The molecule has 1 fully saturated rings. The van der Waals surface area contributed by atoms with Gasteiger partial charge >= 0.3 is 0 Å². The average Bonchev–Trinajstić information content (AvgIpc) is 2.83. The summed E-state index contributed by atoms with van der Waals surface area (Å²) in [5.74, 6) is 0. The maximum atomic E-state index is 6.02. The normalized spacial score (nSPS) is 22.6. The van der Waals surface area contributed by atoms with Crippen LogP contribution in [0, 0.1) is 12.3 Å². The Hall–Kier alpha value is -0.450. The first-order valence-electron chi connectivity index (χ1n) is 7.54. The molecule has 114 valence electrons. The number of hydrogen-bond donors (Lipinski definition) is 1. The average molecular weight is 296 g/mol. The molecule has 1 aliphatic carbocycles. The molecule has 1 aromatic rings. The molecule has 3 nitrogen and oxygen atoms in total. The second-order valence-corrected chi connectivity index (χ2v) is 7.90. The van der Waals surface area contributed by atoms with Crippen LogP contribution in [0.15, 0.2) is 5.38 Å². The van der Waals surface area contributed by atoms with Crippen LogP contribution in [0.2, 0.25) is 0 Å². The summed E-state index contributed by atoms with van der Waals surface area (Å²) in [6, 6.07) is 0.338. The van der Waals surface area contributed by atoms with Crippen LogP contribution in [-0.4, -0.2) is 30.8 Å². The summed E-state index contributed by atoms with van der Waals surface area (Å²) in [6.07, 6.45) is 5.68. The molecule has 1 unspecified atom stereocenters. The van der Waals surface area contributed by atoms with E-state index >= 15 is 0 Å². The van der Waals surface area contributed by atoms with Crippen molar-refractivity contribution in [1.82, 2.24) is 10.3 Å². The number of ether oxygens (including phenoxy) is 1. The van der Waals surface area contributed by atoms with Crippen LogP contribution in [-0.2, 0) is 11.2 Å². The van der Waals surface area contributed by atoms with Crippen LogP contribution in [0.4, 0.5) is 0 Å². The molecule has 1 atom stereocenters. The Balaban J connectivity index is 2.11. The van der Waals surface area contributed by atoms with E-state index in [0.29, 0.717) is 11.5 Å². The van der Waals surface area contributed by atoms with Crippen molar-refractivity contribution < 1.29 is 4.74 Å². The quantitative estimate of drug-likeness (QED) is 0.902. The van der Waals surface area contributed by atoms with Crippen LogP contribution >= 0.6 is 11.3 Å².